The summed E-state index contributed by atoms with van der Waals surface area (Å²) in [5.41, 5.74) is 13.3. The molecule has 7 nitrogen and oxygen atoms in total. The van der Waals surface area contributed by atoms with Crippen molar-refractivity contribution in [2.24, 2.45) is 17.8 Å². The Balaban J connectivity index is 1.82. The zero-order chi connectivity index (χ0) is 19.8. The van der Waals surface area contributed by atoms with Crippen molar-refractivity contribution >= 4 is 28.2 Å². The lowest BCUT2D eigenvalue weighted by Crippen LogP contribution is -2.39. The number of aromatic nitrogens is 3. The average molecular weight is 376 g/mol. The number of aliphatic imine (C=N–C) groups is 1. The predicted molar refractivity (Wildman–Crippen MR) is 112 cm³/mol. The highest BCUT2D eigenvalue weighted by Gasteiger charge is 2.24. The van der Waals surface area contributed by atoms with Gasteiger partial charge in [-0.1, -0.05) is 6.07 Å². The Bertz CT molecular complexity index is 1120. The maximum absolute atomic E-state index is 11.9. The number of aromatic amines is 1. The molecule has 4 rings (SSSR count). The minimum atomic E-state index is 0.0539. The van der Waals surface area contributed by atoms with Gasteiger partial charge in [0.15, 0.2) is 0 Å². The largest absolute Gasteiger partial charge is 0.398 e. The highest BCUT2D eigenvalue weighted by molar-refractivity contribution is 6.09. The number of fused-ring (bicyclic) bond motifs is 1. The third kappa shape index (κ3) is 3.09. The third-order valence-electron chi connectivity index (χ3n) is 5.37. The van der Waals surface area contributed by atoms with Gasteiger partial charge in [-0.3, -0.25) is 14.5 Å². The summed E-state index contributed by atoms with van der Waals surface area (Å²) in [6, 6.07) is 6.25. The van der Waals surface area contributed by atoms with E-state index in [-0.39, 0.29) is 5.91 Å². The number of carbonyl (C=O) groups excluding carboxylic acids is 1. The van der Waals surface area contributed by atoms with Gasteiger partial charge in [0.1, 0.15) is 0 Å². The highest BCUT2D eigenvalue weighted by atomic mass is 16.2. The number of amides is 1. The first-order chi connectivity index (χ1) is 13.5. The summed E-state index contributed by atoms with van der Waals surface area (Å²) >= 11 is 0. The predicted octanol–water partition coefficient (Wildman–Crippen LogP) is 2.56. The van der Waals surface area contributed by atoms with E-state index in [0.29, 0.717) is 18.8 Å². The number of nitrogens with two attached hydrogens (primary N) is 1. The van der Waals surface area contributed by atoms with Gasteiger partial charge in [0.05, 0.1) is 6.20 Å². The van der Waals surface area contributed by atoms with Crippen molar-refractivity contribution in [1.82, 2.24) is 19.7 Å². The van der Waals surface area contributed by atoms with Crippen molar-refractivity contribution in [1.29, 1.82) is 0 Å². The first kappa shape index (κ1) is 18.0. The number of carbonyl (C=O) groups is 1. The Hall–Kier alpha value is -3.35. The molecular formula is C21H24N6O. The molecule has 0 radical (unpaired) electrons. The quantitative estimate of drug-likeness (QED) is 0.720. The zero-order valence-electron chi connectivity index (χ0n) is 16.4. The topological polar surface area (TPSA) is 92.3 Å². The summed E-state index contributed by atoms with van der Waals surface area (Å²) in [7, 11) is 3.68. The fourth-order valence-electron chi connectivity index (χ4n) is 3.76. The Morgan fingerprint density at radius 3 is 2.82 bits per heavy atom. The molecule has 0 aliphatic carbocycles. The lowest BCUT2D eigenvalue weighted by atomic mass is 9.95. The van der Waals surface area contributed by atoms with Crippen molar-refractivity contribution in [2.75, 3.05) is 20.1 Å². The van der Waals surface area contributed by atoms with Gasteiger partial charge < -0.3 is 15.6 Å². The molecule has 3 heterocycles. The smallest absolute Gasteiger partial charge is 0.219 e. The summed E-state index contributed by atoms with van der Waals surface area (Å²) < 4.78 is 1.79. The number of likely N-dealkylation sites (tertiary alicyclic amines) is 1. The standard InChI is InChI=1S/C21H24N6O/c1-13(28)27-7-6-19(23-2)18(12-27)21(22)17-10-24-20-5-4-14(8-16(17)20)15-9-25-26(3)11-15/h4-5,8-11,24H,6-7,12,22H2,1-3H3. The molecule has 1 aliphatic rings. The van der Waals surface area contributed by atoms with Gasteiger partial charge in [0.25, 0.3) is 0 Å². The summed E-state index contributed by atoms with van der Waals surface area (Å²) in [5, 5.41) is 5.30. The molecule has 1 amide bonds. The molecule has 1 fully saturated rings. The van der Waals surface area contributed by atoms with Gasteiger partial charge in [0.2, 0.25) is 5.91 Å². The Morgan fingerprint density at radius 2 is 2.14 bits per heavy atom. The highest BCUT2D eigenvalue weighted by Crippen LogP contribution is 2.30. The number of H-pyrrole nitrogens is 1. The number of rotatable bonds is 2. The average Bonchev–Trinajstić information content (AvgIpc) is 3.32. The van der Waals surface area contributed by atoms with Crippen molar-refractivity contribution in [2.45, 2.75) is 13.3 Å². The van der Waals surface area contributed by atoms with Crippen molar-refractivity contribution < 1.29 is 4.79 Å². The fourth-order valence-corrected chi connectivity index (χ4v) is 3.76. The number of piperidine rings is 1. The lowest BCUT2D eigenvalue weighted by Gasteiger charge is -2.30. The normalized spacial score (nSPS) is 18.1. The van der Waals surface area contributed by atoms with Gasteiger partial charge in [-0.25, -0.2) is 0 Å². The van der Waals surface area contributed by atoms with E-state index >= 15 is 0 Å². The summed E-state index contributed by atoms with van der Waals surface area (Å²) in [6.07, 6.45) is 6.49. The first-order valence-corrected chi connectivity index (χ1v) is 9.28. The number of benzene rings is 1. The monoisotopic (exact) mass is 376 g/mol. The van der Waals surface area contributed by atoms with E-state index in [2.05, 4.69) is 33.3 Å². The lowest BCUT2D eigenvalue weighted by molar-refractivity contribution is -0.128. The number of aryl methyl sites for hydroxylation is 1. The molecule has 2 aromatic heterocycles. The SMILES string of the molecule is CN=C1CCN(C(C)=O)CC1=C(N)c1c[nH]c2ccc(-c3cnn(C)c3)cc12. The van der Waals surface area contributed by atoms with Crippen LogP contribution in [0.5, 0.6) is 0 Å². The molecular weight excluding hydrogens is 352 g/mol. The first-order valence-electron chi connectivity index (χ1n) is 9.28. The maximum Gasteiger partial charge on any atom is 0.219 e. The Morgan fingerprint density at radius 1 is 1.32 bits per heavy atom. The second kappa shape index (κ2) is 6.99. The van der Waals surface area contributed by atoms with Crippen LogP contribution in [0.15, 0.2) is 47.4 Å². The second-order valence-corrected chi connectivity index (χ2v) is 7.12. The minimum Gasteiger partial charge on any atom is -0.398 e. The van der Waals surface area contributed by atoms with Crippen LogP contribution in [0, 0.1) is 0 Å². The Kier molecular flexibility index (Phi) is 4.50. The van der Waals surface area contributed by atoms with Crippen LogP contribution in [0.3, 0.4) is 0 Å². The van der Waals surface area contributed by atoms with E-state index < -0.39 is 0 Å². The number of hydrogen-bond acceptors (Lipinski definition) is 4. The van der Waals surface area contributed by atoms with E-state index in [9.17, 15) is 4.79 Å². The summed E-state index contributed by atoms with van der Waals surface area (Å²) in [4.78, 5) is 21.4. The molecule has 0 saturated carbocycles. The van der Waals surface area contributed by atoms with E-state index in [1.54, 1.807) is 18.7 Å². The molecule has 1 aliphatic heterocycles. The van der Waals surface area contributed by atoms with Crippen molar-refractivity contribution in [3.05, 3.63) is 47.9 Å². The van der Waals surface area contributed by atoms with E-state index in [4.69, 9.17) is 5.73 Å². The van der Waals surface area contributed by atoms with Gasteiger partial charge in [0, 0.05) is 91.9 Å². The molecule has 3 N–H and O–H groups in total. The fraction of sp³-hybridized carbons (Fsp3) is 0.286. The van der Waals surface area contributed by atoms with Gasteiger partial charge >= 0.3 is 0 Å². The van der Waals surface area contributed by atoms with Crippen molar-refractivity contribution in [3.8, 4) is 11.1 Å². The summed E-state index contributed by atoms with van der Waals surface area (Å²) in [6.45, 7) is 2.76. The molecule has 0 unspecified atom stereocenters. The van der Waals surface area contributed by atoms with Crippen LogP contribution in [0.2, 0.25) is 0 Å². The molecule has 144 valence electrons. The number of nitrogens with zero attached hydrogens (tertiary/aromatic N) is 4. The van der Waals surface area contributed by atoms with E-state index in [1.165, 1.54) is 0 Å². The van der Waals surface area contributed by atoms with Crippen LogP contribution in [0.4, 0.5) is 0 Å². The number of nitrogens with one attached hydrogen (secondary N) is 1. The third-order valence-corrected chi connectivity index (χ3v) is 5.37. The Labute approximate surface area is 163 Å². The van der Waals surface area contributed by atoms with Crippen LogP contribution >= 0.6 is 0 Å². The maximum atomic E-state index is 11.9. The van der Waals surface area contributed by atoms with Crippen LogP contribution < -0.4 is 5.73 Å². The van der Waals surface area contributed by atoms with Crippen LogP contribution in [-0.2, 0) is 11.8 Å². The number of hydrogen-bond donors (Lipinski definition) is 2. The molecule has 0 spiro atoms. The zero-order valence-corrected chi connectivity index (χ0v) is 16.4. The molecule has 0 bridgehead atoms. The van der Waals surface area contributed by atoms with Gasteiger partial charge in [-0.05, 0) is 17.7 Å². The van der Waals surface area contributed by atoms with Crippen LogP contribution in [0.25, 0.3) is 27.7 Å². The van der Waals surface area contributed by atoms with Crippen LogP contribution in [-0.4, -0.2) is 51.4 Å². The molecule has 3 aromatic rings. The molecule has 7 heteroatoms. The van der Waals surface area contributed by atoms with Gasteiger partial charge in [-0.2, -0.15) is 5.10 Å². The molecule has 1 aromatic carbocycles. The van der Waals surface area contributed by atoms with Crippen LogP contribution in [0.1, 0.15) is 18.9 Å². The molecule has 1 saturated heterocycles. The van der Waals surface area contributed by atoms with E-state index in [0.717, 1.165) is 45.3 Å². The molecule has 0 atom stereocenters. The van der Waals surface area contributed by atoms with Crippen molar-refractivity contribution in [3.63, 3.8) is 0 Å². The molecule has 28 heavy (non-hydrogen) atoms. The minimum absolute atomic E-state index is 0.0539. The summed E-state index contributed by atoms with van der Waals surface area (Å²) in [5.74, 6) is 0.0539. The van der Waals surface area contributed by atoms with E-state index in [1.807, 2.05) is 30.5 Å². The second-order valence-electron chi connectivity index (χ2n) is 7.12. The van der Waals surface area contributed by atoms with Gasteiger partial charge in [-0.15, -0.1) is 0 Å².